The Hall–Kier alpha value is -2.08. The first-order valence-corrected chi connectivity index (χ1v) is 10.0. The van der Waals surface area contributed by atoms with Crippen LogP contribution in [0.25, 0.3) is 11.1 Å². The van der Waals surface area contributed by atoms with Gasteiger partial charge in [0.25, 0.3) is 0 Å². The number of hydrogen-bond acceptors (Lipinski definition) is 0. The Labute approximate surface area is 160 Å². The van der Waals surface area contributed by atoms with Crippen LogP contribution in [0.1, 0.15) is 74.4 Å². The van der Waals surface area contributed by atoms with E-state index >= 15 is 0 Å². The maximum atomic E-state index is 2.40. The second kappa shape index (κ2) is 9.03. The van der Waals surface area contributed by atoms with Crippen molar-refractivity contribution in [3.63, 3.8) is 0 Å². The molecule has 0 aliphatic heterocycles. The Morgan fingerprint density at radius 3 is 2.19 bits per heavy atom. The predicted octanol–water partition coefficient (Wildman–Crippen LogP) is 7.72. The van der Waals surface area contributed by atoms with Gasteiger partial charge in [0.1, 0.15) is 0 Å². The Kier molecular flexibility index (Phi) is 7.03. The highest BCUT2D eigenvalue weighted by atomic mass is 14.2. The molecule has 2 aromatic carbocycles. The predicted molar refractivity (Wildman–Crippen MR) is 118 cm³/mol. The van der Waals surface area contributed by atoms with Gasteiger partial charge in [-0.15, -0.1) is 0 Å². The number of hydrogen-bond donors (Lipinski definition) is 0. The van der Waals surface area contributed by atoms with E-state index in [-0.39, 0.29) is 0 Å². The number of aryl methyl sites for hydroxylation is 3. The summed E-state index contributed by atoms with van der Waals surface area (Å²) in [4.78, 5) is 0. The van der Waals surface area contributed by atoms with Gasteiger partial charge in [-0.05, 0) is 97.1 Å². The van der Waals surface area contributed by atoms with Gasteiger partial charge in [0.15, 0.2) is 0 Å². The van der Waals surface area contributed by atoms with E-state index in [0.29, 0.717) is 0 Å². The molecule has 2 aromatic rings. The van der Waals surface area contributed by atoms with Crippen LogP contribution < -0.4 is 0 Å². The monoisotopic (exact) mass is 346 g/mol. The summed E-state index contributed by atoms with van der Waals surface area (Å²) in [6.45, 7) is 15.7. The van der Waals surface area contributed by atoms with E-state index in [1.165, 1.54) is 50.1 Å². The molecule has 0 bridgehead atoms. The van der Waals surface area contributed by atoms with E-state index < -0.39 is 0 Å². The van der Waals surface area contributed by atoms with Gasteiger partial charge in [-0.25, -0.2) is 0 Å². The van der Waals surface area contributed by atoms with Crippen molar-refractivity contribution in [1.29, 1.82) is 0 Å². The highest BCUT2D eigenvalue weighted by Crippen LogP contribution is 2.34. The molecule has 0 heteroatoms. The van der Waals surface area contributed by atoms with Gasteiger partial charge in [-0.1, -0.05) is 63.2 Å². The van der Waals surface area contributed by atoms with Crippen molar-refractivity contribution in [1.82, 2.24) is 0 Å². The third-order valence-corrected chi connectivity index (χ3v) is 5.71. The summed E-state index contributed by atoms with van der Waals surface area (Å²) in [6.07, 6.45) is 5.51. The zero-order valence-electron chi connectivity index (χ0n) is 17.7. The van der Waals surface area contributed by atoms with Gasteiger partial charge in [-0.3, -0.25) is 0 Å². The second-order valence-corrected chi connectivity index (χ2v) is 7.10. The summed E-state index contributed by atoms with van der Waals surface area (Å²) in [5.74, 6) is 0. The fraction of sp³-hybridized carbons (Fsp3) is 0.385. The third kappa shape index (κ3) is 4.01. The summed E-state index contributed by atoms with van der Waals surface area (Å²) in [5, 5.41) is 0. The maximum absolute atomic E-state index is 2.40. The maximum Gasteiger partial charge on any atom is -0.0182 e. The summed E-state index contributed by atoms with van der Waals surface area (Å²) in [5.41, 5.74) is 12.7. The Morgan fingerprint density at radius 1 is 0.923 bits per heavy atom. The normalized spacial score (nSPS) is 13.0. The molecule has 0 aliphatic carbocycles. The van der Waals surface area contributed by atoms with E-state index in [2.05, 4.69) is 90.9 Å². The second-order valence-electron chi connectivity index (χ2n) is 7.10. The molecule has 0 unspecified atom stereocenters. The third-order valence-electron chi connectivity index (χ3n) is 5.71. The van der Waals surface area contributed by atoms with Gasteiger partial charge < -0.3 is 0 Å². The molecular formula is C26H34. The van der Waals surface area contributed by atoms with Crippen molar-refractivity contribution in [3.05, 3.63) is 81.4 Å². The molecule has 0 spiro atoms. The minimum atomic E-state index is 1.04. The number of benzene rings is 2. The lowest BCUT2D eigenvalue weighted by Crippen LogP contribution is -1.98. The summed E-state index contributed by atoms with van der Waals surface area (Å²) in [7, 11) is 0. The first kappa shape index (κ1) is 20.2. The van der Waals surface area contributed by atoms with E-state index in [9.17, 15) is 0 Å². The molecule has 0 aromatic heterocycles. The van der Waals surface area contributed by atoms with Crippen LogP contribution in [0.4, 0.5) is 0 Å². The minimum Gasteiger partial charge on any atom is -0.0795 e. The first-order valence-electron chi connectivity index (χ1n) is 10.0. The molecule has 0 nitrogen and oxygen atoms in total. The van der Waals surface area contributed by atoms with Crippen LogP contribution >= 0.6 is 0 Å². The lowest BCUT2D eigenvalue weighted by atomic mass is 9.86. The van der Waals surface area contributed by atoms with E-state index in [1.807, 2.05) is 0 Å². The summed E-state index contributed by atoms with van der Waals surface area (Å²) >= 11 is 0. The van der Waals surface area contributed by atoms with Crippen LogP contribution in [0.15, 0.2) is 48.0 Å². The smallest absolute Gasteiger partial charge is 0.0182 e. The van der Waals surface area contributed by atoms with Gasteiger partial charge in [-0.2, -0.15) is 0 Å². The van der Waals surface area contributed by atoms with Crippen molar-refractivity contribution in [2.75, 3.05) is 0 Å². The highest BCUT2D eigenvalue weighted by molar-refractivity contribution is 5.89. The Balaban J connectivity index is 2.61. The summed E-state index contributed by atoms with van der Waals surface area (Å²) in [6, 6.07) is 13.7. The summed E-state index contributed by atoms with van der Waals surface area (Å²) < 4.78 is 0. The molecule has 138 valence electrons. The van der Waals surface area contributed by atoms with Crippen LogP contribution in [-0.4, -0.2) is 0 Å². The van der Waals surface area contributed by atoms with Crippen molar-refractivity contribution in [2.24, 2.45) is 0 Å². The molecular weight excluding hydrogens is 312 g/mol. The van der Waals surface area contributed by atoms with Crippen molar-refractivity contribution in [3.8, 4) is 0 Å². The first-order chi connectivity index (χ1) is 12.5. The van der Waals surface area contributed by atoms with E-state index in [4.69, 9.17) is 0 Å². The average molecular weight is 347 g/mol. The molecule has 0 atom stereocenters. The fourth-order valence-electron chi connectivity index (χ4n) is 3.97. The van der Waals surface area contributed by atoms with Crippen molar-refractivity contribution in [2.45, 2.75) is 67.7 Å². The molecule has 0 fully saturated rings. The van der Waals surface area contributed by atoms with Crippen LogP contribution in [0, 0.1) is 13.8 Å². The van der Waals surface area contributed by atoms with Gasteiger partial charge >= 0.3 is 0 Å². The molecule has 26 heavy (non-hydrogen) atoms. The van der Waals surface area contributed by atoms with E-state index in [1.54, 1.807) is 0 Å². The molecule has 0 saturated heterocycles. The average Bonchev–Trinajstić information content (AvgIpc) is 2.66. The van der Waals surface area contributed by atoms with Crippen LogP contribution in [0.5, 0.6) is 0 Å². The molecule has 2 rings (SSSR count). The quantitative estimate of drug-likeness (QED) is 0.470. The zero-order chi connectivity index (χ0) is 19.3. The number of rotatable bonds is 6. The molecule has 0 N–H and O–H groups in total. The fourth-order valence-corrected chi connectivity index (χ4v) is 3.97. The molecule has 0 aliphatic rings. The standard InChI is InChI=1S/C26H34/c1-8-21-15-16-23(17-22(21)9-2)24(10-3)20(7)25(11-4)26-14-12-13-18(5)19(26)6/h10,12-17H,8-9,11H2,1-7H3/b24-10+,25-20+. The SMILES string of the molecule is C/C=C(\C(C)=C(/CC)c1cccc(C)c1C)c1ccc(CC)c(CC)c1. The molecule has 0 amide bonds. The van der Waals surface area contributed by atoms with Crippen LogP contribution in [0.3, 0.4) is 0 Å². The van der Waals surface area contributed by atoms with Crippen LogP contribution in [-0.2, 0) is 12.8 Å². The van der Waals surface area contributed by atoms with Gasteiger partial charge in [0.2, 0.25) is 0 Å². The lowest BCUT2D eigenvalue weighted by molar-refractivity contribution is 1.03. The van der Waals surface area contributed by atoms with Gasteiger partial charge in [0.05, 0.1) is 0 Å². The topological polar surface area (TPSA) is 0 Å². The minimum absolute atomic E-state index is 1.04. The van der Waals surface area contributed by atoms with Gasteiger partial charge in [0, 0.05) is 0 Å². The molecule has 0 radical (unpaired) electrons. The lowest BCUT2D eigenvalue weighted by Gasteiger charge is -2.19. The highest BCUT2D eigenvalue weighted by Gasteiger charge is 2.13. The van der Waals surface area contributed by atoms with E-state index in [0.717, 1.165) is 19.3 Å². The molecule has 0 heterocycles. The zero-order valence-corrected chi connectivity index (χ0v) is 17.7. The van der Waals surface area contributed by atoms with Crippen molar-refractivity contribution < 1.29 is 0 Å². The van der Waals surface area contributed by atoms with Crippen molar-refractivity contribution >= 4 is 11.1 Å². The number of allylic oxidation sites excluding steroid dienone is 4. The Morgan fingerprint density at radius 2 is 1.62 bits per heavy atom. The largest absolute Gasteiger partial charge is 0.0795 e. The Bertz CT molecular complexity index is 831. The van der Waals surface area contributed by atoms with Crippen LogP contribution in [0.2, 0.25) is 0 Å². The molecule has 0 saturated carbocycles.